The van der Waals surface area contributed by atoms with E-state index in [1.54, 1.807) is 25.1 Å². The van der Waals surface area contributed by atoms with Crippen LogP contribution in [0.3, 0.4) is 0 Å². The maximum absolute atomic E-state index is 12.0. The average Bonchev–Trinajstić information content (AvgIpc) is 2.87. The van der Waals surface area contributed by atoms with Crippen LogP contribution < -0.4 is 0 Å². The van der Waals surface area contributed by atoms with E-state index in [1.165, 1.54) is 0 Å². The topological polar surface area (TPSA) is 39.4 Å². The number of fused-ring (bicyclic) bond motifs is 1. The maximum atomic E-state index is 12.0. The van der Waals surface area contributed by atoms with Crippen molar-refractivity contribution in [3.05, 3.63) is 59.3 Å². The van der Waals surface area contributed by atoms with E-state index in [2.05, 4.69) is 0 Å². The average molecular weight is 301 g/mol. The van der Waals surface area contributed by atoms with Gasteiger partial charge in [0.15, 0.2) is 0 Å². The first-order valence-electron chi connectivity index (χ1n) is 6.65. The fraction of sp³-hybridized carbons (Fsp3) is 0.118. The van der Waals surface area contributed by atoms with E-state index >= 15 is 0 Å². The molecule has 0 N–H and O–H groups in total. The minimum absolute atomic E-state index is 0.211. The van der Waals surface area contributed by atoms with Crippen LogP contribution in [0.25, 0.3) is 22.1 Å². The summed E-state index contributed by atoms with van der Waals surface area (Å²) in [7, 11) is 0. The van der Waals surface area contributed by atoms with E-state index in [1.807, 2.05) is 30.3 Å². The van der Waals surface area contributed by atoms with Crippen LogP contribution in [0.1, 0.15) is 17.5 Å². The summed E-state index contributed by atoms with van der Waals surface area (Å²) in [6, 6.07) is 14.9. The van der Waals surface area contributed by atoms with Gasteiger partial charge in [-0.2, -0.15) is 0 Å². The Kier molecular flexibility index (Phi) is 3.67. The van der Waals surface area contributed by atoms with E-state index in [-0.39, 0.29) is 5.76 Å². The smallest absolute Gasteiger partial charge is 0.374 e. The second-order valence-corrected chi connectivity index (χ2v) is 4.97. The van der Waals surface area contributed by atoms with Gasteiger partial charge in [-0.25, -0.2) is 4.79 Å². The van der Waals surface area contributed by atoms with Gasteiger partial charge in [-0.15, -0.1) is 0 Å². The minimum atomic E-state index is -0.466. The highest BCUT2D eigenvalue weighted by molar-refractivity contribution is 6.31. The lowest BCUT2D eigenvalue weighted by Crippen LogP contribution is -2.03. The summed E-state index contributed by atoms with van der Waals surface area (Å²) < 4.78 is 10.8. The largest absolute Gasteiger partial charge is 0.460 e. The van der Waals surface area contributed by atoms with Crippen LogP contribution in [0.5, 0.6) is 0 Å². The number of esters is 1. The molecular formula is C17H13ClO3. The SMILES string of the molecule is CCOC(=O)c1oc(-c2ccccc2)c2cc(Cl)ccc12. The number of hydrogen-bond donors (Lipinski definition) is 0. The number of furan rings is 1. The summed E-state index contributed by atoms with van der Waals surface area (Å²) in [5.41, 5.74) is 0.889. The Balaban J connectivity index is 2.25. The van der Waals surface area contributed by atoms with Gasteiger partial charge in [0.1, 0.15) is 5.76 Å². The zero-order chi connectivity index (χ0) is 14.8. The second-order valence-electron chi connectivity index (χ2n) is 4.54. The lowest BCUT2D eigenvalue weighted by molar-refractivity contribution is 0.0494. The molecule has 0 bridgehead atoms. The zero-order valence-electron chi connectivity index (χ0n) is 11.4. The predicted molar refractivity (Wildman–Crippen MR) is 82.6 cm³/mol. The zero-order valence-corrected chi connectivity index (χ0v) is 12.2. The Bertz CT molecular complexity index is 790. The molecule has 0 fully saturated rings. The molecule has 0 saturated heterocycles. The van der Waals surface area contributed by atoms with Gasteiger partial charge in [-0.05, 0) is 25.1 Å². The van der Waals surface area contributed by atoms with Gasteiger partial charge >= 0.3 is 5.97 Å². The van der Waals surface area contributed by atoms with Crippen molar-refractivity contribution in [1.82, 2.24) is 0 Å². The molecule has 0 spiro atoms. The molecule has 0 unspecified atom stereocenters. The summed E-state index contributed by atoms with van der Waals surface area (Å²) in [6.45, 7) is 2.06. The van der Waals surface area contributed by atoms with Crippen molar-refractivity contribution in [3.63, 3.8) is 0 Å². The van der Waals surface area contributed by atoms with Crippen molar-refractivity contribution in [2.45, 2.75) is 6.92 Å². The van der Waals surface area contributed by atoms with Gasteiger partial charge in [-0.3, -0.25) is 0 Å². The van der Waals surface area contributed by atoms with Gasteiger partial charge in [0.2, 0.25) is 5.76 Å². The van der Waals surface area contributed by atoms with Crippen molar-refractivity contribution >= 4 is 28.3 Å². The highest BCUT2D eigenvalue weighted by atomic mass is 35.5. The van der Waals surface area contributed by atoms with E-state index in [0.29, 0.717) is 22.8 Å². The number of carbonyl (C=O) groups excluding carboxylic acids is 1. The number of rotatable bonds is 3. The molecule has 3 nitrogen and oxygen atoms in total. The lowest BCUT2D eigenvalue weighted by Gasteiger charge is -1.98. The van der Waals surface area contributed by atoms with Crippen molar-refractivity contribution < 1.29 is 13.9 Å². The molecule has 0 radical (unpaired) electrons. The molecular weight excluding hydrogens is 288 g/mol. The third-order valence-electron chi connectivity index (χ3n) is 3.17. The Labute approximate surface area is 127 Å². The summed E-state index contributed by atoms with van der Waals surface area (Å²) in [5, 5.41) is 2.10. The molecule has 3 aromatic rings. The van der Waals surface area contributed by atoms with Crippen molar-refractivity contribution in [3.8, 4) is 11.3 Å². The number of benzene rings is 2. The molecule has 0 atom stereocenters. The van der Waals surface area contributed by atoms with Gasteiger partial charge in [0.25, 0.3) is 0 Å². The van der Waals surface area contributed by atoms with Gasteiger partial charge in [0.05, 0.1) is 6.61 Å². The Hall–Kier alpha value is -2.26. The van der Waals surface area contributed by atoms with Crippen molar-refractivity contribution in [2.24, 2.45) is 0 Å². The van der Waals surface area contributed by atoms with E-state index in [0.717, 1.165) is 10.9 Å². The Morgan fingerprint density at radius 3 is 2.62 bits per heavy atom. The third kappa shape index (κ3) is 2.52. The summed E-state index contributed by atoms with van der Waals surface area (Å²) >= 11 is 6.07. The van der Waals surface area contributed by atoms with Crippen LogP contribution in [0, 0.1) is 0 Å². The molecule has 0 amide bonds. The van der Waals surface area contributed by atoms with Gasteiger partial charge < -0.3 is 9.15 Å². The van der Waals surface area contributed by atoms with Crippen LogP contribution >= 0.6 is 11.6 Å². The molecule has 1 aromatic heterocycles. The van der Waals surface area contributed by atoms with Crippen molar-refractivity contribution in [1.29, 1.82) is 0 Å². The number of carbonyl (C=O) groups is 1. The highest BCUT2D eigenvalue weighted by Gasteiger charge is 2.21. The fourth-order valence-corrected chi connectivity index (χ4v) is 2.44. The van der Waals surface area contributed by atoms with Crippen LogP contribution in [0.15, 0.2) is 52.9 Å². The van der Waals surface area contributed by atoms with E-state index in [4.69, 9.17) is 20.8 Å². The molecule has 0 aliphatic carbocycles. The third-order valence-corrected chi connectivity index (χ3v) is 3.41. The number of hydrogen-bond acceptors (Lipinski definition) is 3. The van der Waals surface area contributed by atoms with Crippen LogP contribution in [0.2, 0.25) is 5.02 Å². The molecule has 3 rings (SSSR count). The molecule has 1 heterocycles. The molecule has 106 valence electrons. The lowest BCUT2D eigenvalue weighted by atomic mass is 10.1. The Morgan fingerprint density at radius 1 is 1.14 bits per heavy atom. The minimum Gasteiger partial charge on any atom is -0.460 e. The standard InChI is InChI=1S/C17H13ClO3/c1-2-20-17(19)16-13-9-8-12(18)10-14(13)15(21-16)11-6-4-3-5-7-11/h3-10H,2H2,1H3. The second kappa shape index (κ2) is 5.62. The monoisotopic (exact) mass is 300 g/mol. The molecule has 21 heavy (non-hydrogen) atoms. The fourth-order valence-electron chi connectivity index (χ4n) is 2.27. The van der Waals surface area contributed by atoms with Crippen LogP contribution in [-0.4, -0.2) is 12.6 Å². The predicted octanol–water partition coefficient (Wildman–Crippen LogP) is 4.93. The molecule has 0 aliphatic heterocycles. The highest BCUT2D eigenvalue weighted by Crippen LogP contribution is 2.35. The molecule has 0 aliphatic rings. The molecule has 2 aromatic carbocycles. The van der Waals surface area contributed by atoms with E-state index < -0.39 is 5.97 Å². The Morgan fingerprint density at radius 2 is 1.90 bits per heavy atom. The van der Waals surface area contributed by atoms with Gasteiger partial charge in [0, 0.05) is 21.4 Å². The molecule has 0 saturated carbocycles. The first kappa shape index (κ1) is 13.7. The first-order chi connectivity index (χ1) is 10.2. The maximum Gasteiger partial charge on any atom is 0.374 e. The normalized spacial score (nSPS) is 10.8. The summed E-state index contributed by atoms with van der Waals surface area (Å²) in [5.74, 6) is 0.366. The van der Waals surface area contributed by atoms with Crippen molar-refractivity contribution in [2.75, 3.05) is 6.61 Å². The number of halogens is 1. The summed E-state index contributed by atoms with van der Waals surface area (Å²) in [4.78, 5) is 12.0. The quantitative estimate of drug-likeness (QED) is 0.644. The van der Waals surface area contributed by atoms with Crippen LogP contribution in [0.4, 0.5) is 0 Å². The van der Waals surface area contributed by atoms with Gasteiger partial charge in [-0.1, -0.05) is 41.9 Å². The van der Waals surface area contributed by atoms with E-state index in [9.17, 15) is 4.79 Å². The first-order valence-corrected chi connectivity index (χ1v) is 7.03. The number of ether oxygens (including phenoxy) is 1. The molecule has 4 heteroatoms. The summed E-state index contributed by atoms with van der Waals surface area (Å²) in [6.07, 6.45) is 0. The van der Waals surface area contributed by atoms with Crippen LogP contribution in [-0.2, 0) is 4.74 Å².